The number of nitrogen functional groups attached to an aromatic ring is 2. The topological polar surface area (TPSA) is 120 Å². The molecule has 0 saturated heterocycles. The molecule has 2 rings (SSSR count). The van der Waals surface area contributed by atoms with E-state index < -0.39 is 24.7 Å². The molecule has 0 unspecified atom stereocenters. The van der Waals surface area contributed by atoms with E-state index in [1.54, 1.807) is 6.07 Å². The van der Waals surface area contributed by atoms with Gasteiger partial charge in [0.25, 0.3) is 0 Å². The first kappa shape index (κ1) is 17.1. The Morgan fingerprint density at radius 1 is 1.00 bits per heavy atom. The van der Waals surface area contributed by atoms with Crippen LogP contribution in [0.3, 0.4) is 0 Å². The number of nitriles is 1. The molecular weight excluding hydrogens is 334 g/mol. The predicted molar refractivity (Wildman–Crippen MR) is 74.3 cm³/mol. The van der Waals surface area contributed by atoms with Gasteiger partial charge in [0, 0.05) is 5.56 Å². The van der Waals surface area contributed by atoms with Gasteiger partial charge in [-0.1, -0.05) is 0 Å². The van der Waals surface area contributed by atoms with Gasteiger partial charge in [0.2, 0.25) is 5.95 Å². The van der Waals surface area contributed by atoms with Gasteiger partial charge in [0.1, 0.15) is 17.5 Å². The van der Waals surface area contributed by atoms with Crippen molar-refractivity contribution < 1.29 is 27.0 Å². The normalized spacial score (nSPS) is 10.7. The number of hydrogen-bond acceptors (Lipinski definition) is 7. The molecular formula is C13H9F4N5O2. The van der Waals surface area contributed by atoms with Crippen LogP contribution in [0.15, 0.2) is 18.2 Å². The zero-order valence-corrected chi connectivity index (χ0v) is 11.7. The number of hydrogen-bond donors (Lipinski definition) is 2. The van der Waals surface area contributed by atoms with Crippen molar-refractivity contribution in [2.45, 2.75) is 13.2 Å². The largest absolute Gasteiger partial charge is 0.431 e. The first-order valence-electron chi connectivity index (χ1n) is 6.19. The molecule has 1 aromatic heterocycles. The number of aromatic nitrogens is 2. The maximum Gasteiger partial charge on any atom is 0.387 e. The Hall–Kier alpha value is -3.29. The average Bonchev–Trinajstić information content (AvgIpc) is 2.47. The summed E-state index contributed by atoms with van der Waals surface area (Å²) < 4.78 is 57.8. The van der Waals surface area contributed by atoms with Gasteiger partial charge in [0.15, 0.2) is 11.5 Å². The lowest BCUT2D eigenvalue weighted by Gasteiger charge is -2.13. The minimum Gasteiger partial charge on any atom is -0.431 e. The summed E-state index contributed by atoms with van der Waals surface area (Å²) in [6.45, 7) is -6.52. The summed E-state index contributed by atoms with van der Waals surface area (Å²) in [5, 5.41) is 9.11. The van der Waals surface area contributed by atoms with Crippen LogP contribution in [0.25, 0.3) is 11.3 Å². The smallest absolute Gasteiger partial charge is 0.387 e. The molecule has 2 aromatic rings. The molecule has 4 N–H and O–H groups in total. The molecule has 0 aliphatic heterocycles. The van der Waals surface area contributed by atoms with Gasteiger partial charge in [-0.05, 0) is 18.2 Å². The monoisotopic (exact) mass is 343 g/mol. The summed E-state index contributed by atoms with van der Waals surface area (Å²) >= 11 is 0. The molecule has 126 valence electrons. The number of benzene rings is 1. The van der Waals surface area contributed by atoms with Crippen molar-refractivity contribution in [2.75, 3.05) is 11.5 Å². The molecule has 7 nitrogen and oxygen atoms in total. The van der Waals surface area contributed by atoms with Crippen LogP contribution in [-0.2, 0) is 0 Å². The highest BCUT2D eigenvalue weighted by Crippen LogP contribution is 2.35. The van der Waals surface area contributed by atoms with Crippen molar-refractivity contribution in [2.24, 2.45) is 0 Å². The van der Waals surface area contributed by atoms with Gasteiger partial charge in [-0.3, -0.25) is 0 Å². The quantitative estimate of drug-likeness (QED) is 0.800. The number of rotatable bonds is 5. The van der Waals surface area contributed by atoms with E-state index >= 15 is 0 Å². The van der Waals surface area contributed by atoms with Crippen molar-refractivity contribution in [1.82, 2.24) is 9.97 Å². The summed E-state index contributed by atoms with van der Waals surface area (Å²) in [6, 6.07) is 4.87. The lowest BCUT2D eigenvalue weighted by Crippen LogP contribution is -2.08. The number of alkyl halides is 4. The Morgan fingerprint density at radius 3 is 2.21 bits per heavy atom. The zero-order chi connectivity index (χ0) is 17.9. The van der Waals surface area contributed by atoms with Gasteiger partial charge in [0.05, 0.1) is 5.69 Å². The standard InChI is InChI=1S/C13H9F4N5O2/c14-11(15)23-7-2-1-5(3-8(7)24-12(16)17)9-6(4-18)10(19)22-13(20)21-9/h1-3,11-12H,(H4,19,20,21,22). The summed E-state index contributed by atoms with van der Waals surface area (Å²) in [5.41, 5.74) is 10.9. The summed E-state index contributed by atoms with van der Waals surface area (Å²) in [7, 11) is 0. The van der Waals surface area contributed by atoms with Gasteiger partial charge >= 0.3 is 13.2 Å². The highest BCUT2D eigenvalue weighted by molar-refractivity contribution is 5.74. The predicted octanol–water partition coefficient (Wildman–Crippen LogP) is 2.38. The van der Waals surface area contributed by atoms with Crippen LogP contribution in [0.2, 0.25) is 0 Å². The van der Waals surface area contributed by atoms with E-state index in [9.17, 15) is 17.6 Å². The molecule has 11 heteroatoms. The van der Waals surface area contributed by atoms with Crippen LogP contribution in [0.5, 0.6) is 11.5 Å². The molecule has 0 aliphatic rings. The molecule has 1 heterocycles. The molecule has 24 heavy (non-hydrogen) atoms. The number of nitrogens with zero attached hydrogens (tertiary/aromatic N) is 3. The zero-order valence-electron chi connectivity index (χ0n) is 11.7. The van der Waals surface area contributed by atoms with E-state index in [1.165, 1.54) is 6.07 Å². The van der Waals surface area contributed by atoms with Crippen LogP contribution in [0.1, 0.15) is 5.56 Å². The number of ether oxygens (including phenoxy) is 2. The van der Waals surface area contributed by atoms with Crippen molar-refractivity contribution >= 4 is 11.8 Å². The van der Waals surface area contributed by atoms with Crippen LogP contribution >= 0.6 is 0 Å². The minimum atomic E-state index is -3.28. The van der Waals surface area contributed by atoms with Gasteiger partial charge < -0.3 is 20.9 Å². The first-order valence-corrected chi connectivity index (χ1v) is 6.19. The maximum absolute atomic E-state index is 12.5. The fraction of sp³-hybridized carbons (Fsp3) is 0.154. The van der Waals surface area contributed by atoms with Crippen LogP contribution in [0, 0.1) is 11.3 Å². The molecule has 0 saturated carbocycles. The first-order chi connectivity index (χ1) is 11.3. The average molecular weight is 343 g/mol. The molecule has 0 atom stereocenters. The van der Waals surface area contributed by atoms with Gasteiger partial charge in [-0.2, -0.15) is 27.8 Å². The molecule has 0 amide bonds. The lowest BCUT2D eigenvalue weighted by atomic mass is 10.1. The minimum absolute atomic E-state index is 0.0646. The van der Waals surface area contributed by atoms with E-state index in [4.69, 9.17) is 16.7 Å². The van der Waals surface area contributed by atoms with Crippen LogP contribution in [0.4, 0.5) is 29.3 Å². The van der Waals surface area contributed by atoms with Crippen molar-refractivity contribution in [3.63, 3.8) is 0 Å². The van der Waals surface area contributed by atoms with Gasteiger partial charge in [-0.15, -0.1) is 0 Å². The third kappa shape index (κ3) is 3.72. The lowest BCUT2D eigenvalue weighted by molar-refractivity contribution is -0.0692. The third-order valence-corrected chi connectivity index (χ3v) is 2.72. The van der Waals surface area contributed by atoms with Gasteiger partial charge in [-0.25, -0.2) is 4.98 Å². The summed E-state index contributed by atoms with van der Waals surface area (Å²) in [4.78, 5) is 7.42. The van der Waals surface area contributed by atoms with Crippen molar-refractivity contribution in [3.05, 3.63) is 23.8 Å². The van der Waals surface area contributed by atoms with Crippen molar-refractivity contribution in [1.29, 1.82) is 5.26 Å². The van der Waals surface area contributed by atoms with Crippen LogP contribution < -0.4 is 20.9 Å². The SMILES string of the molecule is N#Cc1c(N)nc(N)nc1-c1ccc(OC(F)F)c(OC(F)F)c1. The summed E-state index contributed by atoms with van der Waals surface area (Å²) in [6.07, 6.45) is 0. The number of nitrogens with two attached hydrogens (primary N) is 2. The number of halogens is 4. The Bertz CT molecular complexity index is 795. The van der Waals surface area contributed by atoms with E-state index in [2.05, 4.69) is 19.4 Å². The molecule has 0 bridgehead atoms. The highest BCUT2D eigenvalue weighted by Gasteiger charge is 2.19. The van der Waals surface area contributed by atoms with E-state index in [0.29, 0.717) is 0 Å². The molecule has 0 fully saturated rings. The molecule has 0 spiro atoms. The maximum atomic E-state index is 12.5. The van der Waals surface area contributed by atoms with E-state index in [-0.39, 0.29) is 28.6 Å². The second-order valence-corrected chi connectivity index (χ2v) is 4.22. The second-order valence-electron chi connectivity index (χ2n) is 4.22. The molecule has 0 aliphatic carbocycles. The van der Waals surface area contributed by atoms with Crippen LogP contribution in [-0.4, -0.2) is 23.2 Å². The Morgan fingerprint density at radius 2 is 1.62 bits per heavy atom. The second kappa shape index (κ2) is 6.86. The Kier molecular flexibility index (Phi) is 4.88. The van der Waals surface area contributed by atoms with Crippen molar-refractivity contribution in [3.8, 4) is 28.8 Å². The Balaban J connectivity index is 2.58. The molecule has 0 radical (unpaired) electrons. The van der Waals surface area contributed by atoms with E-state index in [0.717, 1.165) is 12.1 Å². The van der Waals surface area contributed by atoms with E-state index in [1.807, 2.05) is 0 Å². The Labute approximate surface area is 132 Å². The number of anilines is 2. The fourth-order valence-electron chi connectivity index (χ4n) is 1.85. The molecule has 1 aromatic carbocycles. The third-order valence-electron chi connectivity index (χ3n) is 2.72. The fourth-order valence-corrected chi connectivity index (χ4v) is 1.85. The summed E-state index contributed by atoms with van der Waals surface area (Å²) in [5.74, 6) is -1.75. The highest BCUT2D eigenvalue weighted by atomic mass is 19.3.